The second-order valence-electron chi connectivity index (χ2n) is 3.85. The standard InChI is InChI=1S/C11H10Cl2FN3O2S/c12-8-1-6(2-9(13)11(8)14)15-3-7(18)5-19-10-4-16-20-17-10/h1-2,4,7,15,18H,3,5H2. The summed E-state index contributed by atoms with van der Waals surface area (Å²) in [5.41, 5.74) is 0.510. The Balaban J connectivity index is 1.82. The third-order valence-electron chi connectivity index (χ3n) is 2.29. The molecular formula is C11H10Cl2FN3O2S. The van der Waals surface area contributed by atoms with Crippen LogP contribution in [0.2, 0.25) is 10.0 Å². The summed E-state index contributed by atoms with van der Waals surface area (Å²) >= 11 is 12.3. The topological polar surface area (TPSA) is 67.3 Å². The Morgan fingerprint density at radius 3 is 2.70 bits per heavy atom. The summed E-state index contributed by atoms with van der Waals surface area (Å²) in [6.07, 6.45) is 0.684. The predicted octanol–water partition coefficient (Wildman–Crippen LogP) is 2.84. The van der Waals surface area contributed by atoms with E-state index >= 15 is 0 Å². The highest BCUT2D eigenvalue weighted by Crippen LogP contribution is 2.27. The van der Waals surface area contributed by atoms with Crippen molar-refractivity contribution >= 4 is 40.6 Å². The number of rotatable bonds is 6. The lowest BCUT2D eigenvalue weighted by Gasteiger charge is -2.13. The third-order valence-corrected chi connectivity index (χ3v) is 3.30. The van der Waals surface area contributed by atoms with Crippen molar-refractivity contribution in [1.29, 1.82) is 0 Å². The van der Waals surface area contributed by atoms with Crippen LogP contribution in [0.15, 0.2) is 18.3 Å². The van der Waals surface area contributed by atoms with Gasteiger partial charge in [0.1, 0.15) is 18.9 Å². The van der Waals surface area contributed by atoms with Gasteiger partial charge in [-0.05, 0) is 12.1 Å². The highest BCUT2D eigenvalue weighted by Gasteiger charge is 2.10. The van der Waals surface area contributed by atoms with Crippen molar-refractivity contribution in [2.24, 2.45) is 0 Å². The van der Waals surface area contributed by atoms with Crippen LogP contribution in [-0.2, 0) is 0 Å². The van der Waals surface area contributed by atoms with Gasteiger partial charge in [-0.25, -0.2) is 4.39 Å². The van der Waals surface area contributed by atoms with Crippen LogP contribution in [0.4, 0.5) is 10.1 Å². The first-order valence-corrected chi connectivity index (χ1v) is 7.01. The maximum absolute atomic E-state index is 13.2. The van der Waals surface area contributed by atoms with Crippen LogP contribution < -0.4 is 10.1 Å². The number of halogens is 3. The molecule has 1 heterocycles. The minimum absolute atomic E-state index is 0.0566. The number of hydrogen-bond acceptors (Lipinski definition) is 6. The number of hydrogen-bond donors (Lipinski definition) is 2. The van der Waals surface area contributed by atoms with Crippen molar-refractivity contribution in [3.8, 4) is 5.88 Å². The van der Waals surface area contributed by atoms with Gasteiger partial charge in [0, 0.05) is 12.2 Å². The van der Waals surface area contributed by atoms with Gasteiger partial charge in [-0.1, -0.05) is 23.2 Å². The minimum atomic E-state index is -0.778. The van der Waals surface area contributed by atoms with E-state index in [-0.39, 0.29) is 23.2 Å². The fraction of sp³-hybridized carbons (Fsp3) is 0.273. The molecule has 0 aliphatic rings. The van der Waals surface area contributed by atoms with E-state index in [0.29, 0.717) is 11.6 Å². The molecule has 0 aliphatic heterocycles. The summed E-state index contributed by atoms with van der Waals surface area (Å²) in [5.74, 6) is -0.305. The predicted molar refractivity (Wildman–Crippen MR) is 76.3 cm³/mol. The molecule has 0 fully saturated rings. The molecule has 0 amide bonds. The molecule has 0 radical (unpaired) electrons. The lowest BCUT2D eigenvalue weighted by molar-refractivity contribution is 0.115. The molecule has 20 heavy (non-hydrogen) atoms. The van der Waals surface area contributed by atoms with E-state index in [0.717, 1.165) is 11.7 Å². The summed E-state index contributed by atoms with van der Waals surface area (Å²) in [7, 11) is 0. The first-order chi connectivity index (χ1) is 9.56. The Kier molecular flexibility index (Phi) is 5.36. The molecule has 0 saturated carbocycles. The van der Waals surface area contributed by atoms with Crippen molar-refractivity contribution in [3.05, 3.63) is 34.2 Å². The second-order valence-corrected chi connectivity index (χ2v) is 5.22. The minimum Gasteiger partial charge on any atom is -0.473 e. The maximum Gasteiger partial charge on any atom is 0.245 e. The Hall–Kier alpha value is -1.15. The van der Waals surface area contributed by atoms with Gasteiger partial charge in [-0.15, -0.1) is 4.37 Å². The van der Waals surface area contributed by atoms with E-state index in [1.165, 1.54) is 18.3 Å². The first kappa shape index (κ1) is 15.2. The summed E-state index contributed by atoms with van der Waals surface area (Å²) in [6, 6.07) is 2.78. The van der Waals surface area contributed by atoms with Crippen molar-refractivity contribution < 1.29 is 14.2 Å². The molecule has 9 heteroatoms. The zero-order chi connectivity index (χ0) is 14.5. The van der Waals surface area contributed by atoms with Crippen LogP contribution in [0, 0.1) is 5.82 Å². The molecule has 0 aliphatic carbocycles. The van der Waals surface area contributed by atoms with Gasteiger partial charge in [0.05, 0.1) is 21.8 Å². The smallest absolute Gasteiger partial charge is 0.245 e. The monoisotopic (exact) mass is 337 g/mol. The molecule has 108 valence electrons. The van der Waals surface area contributed by atoms with E-state index in [4.69, 9.17) is 27.9 Å². The Morgan fingerprint density at radius 1 is 1.40 bits per heavy atom. The quantitative estimate of drug-likeness (QED) is 0.793. The van der Waals surface area contributed by atoms with Crippen LogP contribution >= 0.6 is 34.9 Å². The van der Waals surface area contributed by atoms with E-state index in [2.05, 4.69) is 14.1 Å². The van der Waals surface area contributed by atoms with Gasteiger partial charge in [0.15, 0.2) is 5.82 Å². The fourth-order valence-corrected chi connectivity index (χ4v) is 2.21. The number of nitrogens with one attached hydrogen (secondary N) is 1. The number of aliphatic hydroxyl groups excluding tert-OH is 1. The molecule has 0 bridgehead atoms. The summed E-state index contributed by atoms with van der Waals surface area (Å²) in [5, 5.41) is 12.4. The second kappa shape index (κ2) is 7.03. The van der Waals surface area contributed by atoms with Gasteiger partial charge in [-0.2, -0.15) is 4.37 Å². The van der Waals surface area contributed by atoms with Crippen LogP contribution in [-0.4, -0.2) is 33.1 Å². The molecule has 1 aromatic heterocycles. The van der Waals surface area contributed by atoms with Crippen molar-refractivity contribution in [3.63, 3.8) is 0 Å². The molecule has 2 N–H and O–H groups in total. The average molecular weight is 338 g/mol. The third kappa shape index (κ3) is 4.17. The molecule has 0 spiro atoms. The largest absolute Gasteiger partial charge is 0.473 e. The average Bonchev–Trinajstić information content (AvgIpc) is 2.93. The molecule has 2 rings (SSSR count). The Bertz CT molecular complexity index is 548. The highest BCUT2D eigenvalue weighted by atomic mass is 35.5. The van der Waals surface area contributed by atoms with Crippen molar-refractivity contribution in [2.45, 2.75) is 6.10 Å². The van der Waals surface area contributed by atoms with Gasteiger partial charge < -0.3 is 15.2 Å². The van der Waals surface area contributed by atoms with Crippen LogP contribution in [0.5, 0.6) is 5.88 Å². The van der Waals surface area contributed by atoms with Gasteiger partial charge in [0.25, 0.3) is 0 Å². The summed E-state index contributed by atoms with van der Waals surface area (Å²) in [4.78, 5) is 0. The number of ether oxygens (including phenoxy) is 1. The molecule has 2 aromatic rings. The molecular weight excluding hydrogens is 328 g/mol. The molecule has 1 unspecified atom stereocenters. The zero-order valence-corrected chi connectivity index (χ0v) is 12.3. The van der Waals surface area contributed by atoms with E-state index in [9.17, 15) is 9.50 Å². The summed E-state index contributed by atoms with van der Waals surface area (Å²) < 4.78 is 26.0. The van der Waals surface area contributed by atoms with Gasteiger partial charge in [0.2, 0.25) is 5.88 Å². The van der Waals surface area contributed by atoms with E-state index in [1.807, 2.05) is 0 Å². The molecule has 5 nitrogen and oxygen atoms in total. The van der Waals surface area contributed by atoms with Crippen LogP contribution in [0.25, 0.3) is 0 Å². The number of nitrogens with zero attached hydrogens (tertiary/aromatic N) is 2. The Morgan fingerprint density at radius 2 is 2.10 bits per heavy atom. The highest BCUT2D eigenvalue weighted by molar-refractivity contribution is 6.99. The number of anilines is 1. The van der Waals surface area contributed by atoms with Crippen LogP contribution in [0.3, 0.4) is 0 Å². The number of aliphatic hydroxyl groups is 1. The van der Waals surface area contributed by atoms with Gasteiger partial charge >= 0.3 is 0 Å². The van der Waals surface area contributed by atoms with Crippen molar-refractivity contribution in [1.82, 2.24) is 8.75 Å². The Labute approximate surface area is 128 Å². The zero-order valence-electron chi connectivity index (χ0n) is 10.0. The lowest BCUT2D eigenvalue weighted by atomic mass is 10.3. The molecule has 1 aromatic carbocycles. The molecule has 1 atom stereocenters. The maximum atomic E-state index is 13.2. The lowest BCUT2D eigenvalue weighted by Crippen LogP contribution is -2.26. The SMILES string of the molecule is OC(CNc1cc(Cl)c(F)c(Cl)c1)COc1cnsn1. The van der Waals surface area contributed by atoms with Crippen LogP contribution in [0.1, 0.15) is 0 Å². The van der Waals surface area contributed by atoms with Gasteiger partial charge in [-0.3, -0.25) is 0 Å². The first-order valence-electron chi connectivity index (χ1n) is 5.53. The number of benzene rings is 1. The normalized spacial score (nSPS) is 12.2. The number of aromatic nitrogens is 2. The fourth-order valence-electron chi connectivity index (χ4n) is 1.35. The van der Waals surface area contributed by atoms with E-state index < -0.39 is 11.9 Å². The van der Waals surface area contributed by atoms with Crippen molar-refractivity contribution in [2.75, 3.05) is 18.5 Å². The summed E-state index contributed by atoms with van der Waals surface area (Å²) in [6.45, 7) is 0.247. The molecule has 0 saturated heterocycles. The van der Waals surface area contributed by atoms with E-state index in [1.54, 1.807) is 0 Å².